The number of aliphatic hydroxyl groups excluding tert-OH is 4. The average Bonchev–Trinajstić information content (AvgIpc) is 2.35. The molecule has 0 atom stereocenters. The molecule has 0 saturated heterocycles. The van der Waals surface area contributed by atoms with E-state index in [0.29, 0.717) is 12.8 Å². The Morgan fingerprint density at radius 2 is 0.833 bits per heavy atom. The molecule has 0 aliphatic carbocycles. The van der Waals surface area contributed by atoms with Crippen LogP contribution < -0.4 is 0 Å². The molecule has 0 bridgehead atoms. The smallest absolute Gasteiger partial charge is 0.0468 e. The van der Waals surface area contributed by atoms with E-state index in [1.165, 1.54) is 11.1 Å². The topological polar surface area (TPSA) is 80.9 Å². The fraction of sp³-hybridized carbons (Fsp3) is 0.846. The molecular formula is C13H26O4Zr. The van der Waals surface area contributed by atoms with Gasteiger partial charge in [-0.3, -0.25) is 0 Å². The van der Waals surface area contributed by atoms with E-state index in [-0.39, 0.29) is 52.6 Å². The Morgan fingerprint density at radius 3 is 1.11 bits per heavy atom. The Hall–Kier alpha value is 0.463. The van der Waals surface area contributed by atoms with Crippen molar-refractivity contribution in [3.8, 4) is 0 Å². The van der Waals surface area contributed by atoms with Gasteiger partial charge in [-0.2, -0.15) is 0 Å². The third-order valence-corrected chi connectivity index (χ3v) is 2.82. The predicted molar refractivity (Wildman–Crippen MR) is 67.7 cm³/mol. The summed E-state index contributed by atoms with van der Waals surface area (Å²) in [6.45, 7) is 0.592. The van der Waals surface area contributed by atoms with Gasteiger partial charge in [-0.1, -0.05) is 11.1 Å². The van der Waals surface area contributed by atoms with Gasteiger partial charge in [0.2, 0.25) is 0 Å². The normalized spacial score (nSPS) is 10.0. The largest absolute Gasteiger partial charge is 0.396 e. The molecule has 106 valence electrons. The molecule has 4 nitrogen and oxygen atoms in total. The van der Waals surface area contributed by atoms with Gasteiger partial charge in [0.25, 0.3) is 0 Å². The van der Waals surface area contributed by atoms with Crippen LogP contribution in [0.4, 0.5) is 0 Å². The van der Waals surface area contributed by atoms with E-state index in [0.717, 1.165) is 32.1 Å². The molecule has 0 saturated carbocycles. The van der Waals surface area contributed by atoms with E-state index in [9.17, 15) is 0 Å². The zero-order valence-electron chi connectivity index (χ0n) is 11.1. The second kappa shape index (κ2) is 15.5. The molecule has 0 aromatic carbocycles. The Kier molecular flexibility index (Phi) is 17.9. The molecule has 0 amide bonds. The van der Waals surface area contributed by atoms with Crippen LogP contribution in [0.1, 0.15) is 44.9 Å². The zero-order chi connectivity index (χ0) is 12.9. The van der Waals surface area contributed by atoms with Gasteiger partial charge < -0.3 is 20.4 Å². The molecule has 0 aliphatic heterocycles. The van der Waals surface area contributed by atoms with Crippen molar-refractivity contribution in [2.75, 3.05) is 26.4 Å². The number of hydrogen-bond donors (Lipinski definition) is 4. The summed E-state index contributed by atoms with van der Waals surface area (Å²) in [6.07, 6.45) is 5.20. The van der Waals surface area contributed by atoms with Crippen molar-refractivity contribution in [2.24, 2.45) is 0 Å². The molecule has 18 heavy (non-hydrogen) atoms. The fourth-order valence-corrected chi connectivity index (χ4v) is 1.97. The molecule has 0 fully saturated rings. The van der Waals surface area contributed by atoms with Crippen molar-refractivity contribution in [1.29, 1.82) is 0 Å². The first-order valence-electron chi connectivity index (χ1n) is 6.43. The molecule has 4 N–H and O–H groups in total. The quantitative estimate of drug-likeness (QED) is 0.424. The van der Waals surface area contributed by atoms with Gasteiger partial charge in [0.05, 0.1) is 0 Å². The maximum atomic E-state index is 9.04. The monoisotopic (exact) mass is 336 g/mol. The molecule has 0 heterocycles. The third kappa shape index (κ3) is 10.4. The molecule has 0 rings (SSSR count). The minimum atomic E-state index is 0. The maximum absolute atomic E-state index is 9.04. The maximum Gasteiger partial charge on any atom is 0.0468 e. The van der Waals surface area contributed by atoms with Crippen LogP contribution >= 0.6 is 0 Å². The molecule has 5 heteroatoms. The van der Waals surface area contributed by atoms with Crippen molar-refractivity contribution in [1.82, 2.24) is 0 Å². The number of allylic oxidation sites excluding steroid dienone is 1. The number of hydrogen-bond acceptors (Lipinski definition) is 4. The van der Waals surface area contributed by atoms with Crippen LogP contribution in [0.5, 0.6) is 0 Å². The van der Waals surface area contributed by atoms with Gasteiger partial charge in [-0.05, 0) is 44.9 Å². The van der Waals surface area contributed by atoms with Crippen molar-refractivity contribution >= 4 is 0 Å². The van der Waals surface area contributed by atoms with E-state index in [2.05, 4.69) is 0 Å². The summed E-state index contributed by atoms with van der Waals surface area (Å²) < 4.78 is 0. The predicted octanol–water partition coefficient (Wildman–Crippen LogP) is 0.980. The van der Waals surface area contributed by atoms with Crippen molar-refractivity contribution in [3.63, 3.8) is 0 Å². The molecule has 0 unspecified atom stereocenters. The standard InChI is InChI=1S/C13H26O4.Zr/c14-8-1-4-12(5-2-9-15)13(7-11-17)6-3-10-16;/h14-17H,1-11H2;. The van der Waals surface area contributed by atoms with Gasteiger partial charge in [-0.15, -0.1) is 0 Å². The summed E-state index contributed by atoms with van der Waals surface area (Å²) in [7, 11) is 0. The van der Waals surface area contributed by atoms with Gasteiger partial charge >= 0.3 is 0 Å². The fourth-order valence-electron chi connectivity index (χ4n) is 1.97. The molecule has 0 radical (unpaired) electrons. The van der Waals surface area contributed by atoms with E-state index in [4.69, 9.17) is 20.4 Å². The number of aliphatic hydroxyl groups is 4. The van der Waals surface area contributed by atoms with Crippen LogP contribution in [-0.4, -0.2) is 46.9 Å². The van der Waals surface area contributed by atoms with Gasteiger partial charge in [0.1, 0.15) is 0 Å². The first kappa shape index (κ1) is 20.8. The van der Waals surface area contributed by atoms with Crippen molar-refractivity contribution in [2.45, 2.75) is 44.9 Å². The SMILES string of the molecule is OCCCC(CCO)=C(CCCO)CCCO.[Zr]. The van der Waals surface area contributed by atoms with Crippen molar-refractivity contribution in [3.05, 3.63) is 11.1 Å². The molecule has 0 spiro atoms. The Bertz CT molecular complexity index is 197. The van der Waals surface area contributed by atoms with E-state index >= 15 is 0 Å². The van der Waals surface area contributed by atoms with Crippen LogP contribution in [0.15, 0.2) is 11.1 Å². The summed E-state index contributed by atoms with van der Waals surface area (Å²) >= 11 is 0. The van der Waals surface area contributed by atoms with E-state index < -0.39 is 0 Å². The molecule has 0 aromatic rings. The molecular weight excluding hydrogens is 311 g/mol. The van der Waals surface area contributed by atoms with Crippen LogP contribution in [0.3, 0.4) is 0 Å². The molecule has 0 aromatic heterocycles. The van der Waals surface area contributed by atoms with Gasteiger partial charge in [-0.25, -0.2) is 0 Å². The zero-order valence-corrected chi connectivity index (χ0v) is 13.5. The summed E-state index contributed by atoms with van der Waals surface area (Å²) in [5.74, 6) is 0. The van der Waals surface area contributed by atoms with Crippen molar-refractivity contribution < 1.29 is 46.6 Å². The third-order valence-electron chi connectivity index (χ3n) is 2.82. The first-order valence-corrected chi connectivity index (χ1v) is 6.43. The van der Waals surface area contributed by atoms with E-state index in [1.807, 2.05) is 0 Å². The summed E-state index contributed by atoms with van der Waals surface area (Å²) in [5, 5.41) is 35.6. The van der Waals surface area contributed by atoms with E-state index in [1.54, 1.807) is 0 Å². The van der Waals surface area contributed by atoms with Gasteiger partial charge in [0, 0.05) is 52.6 Å². The Balaban J connectivity index is 0. The minimum Gasteiger partial charge on any atom is -0.396 e. The number of rotatable bonds is 11. The molecule has 0 aliphatic rings. The first-order chi connectivity index (χ1) is 8.29. The second-order valence-corrected chi connectivity index (χ2v) is 4.16. The van der Waals surface area contributed by atoms with Gasteiger partial charge in [0.15, 0.2) is 0 Å². The van der Waals surface area contributed by atoms with Crippen LogP contribution in [0, 0.1) is 0 Å². The van der Waals surface area contributed by atoms with Crippen LogP contribution in [-0.2, 0) is 26.2 Å². The summed E-state index contributed by atoms with van der Waals surface area (Å²) in [5.41, 5.74) is 2.42. The van der Waals surface area contributed by atoms with Crippen LogP contribution in [0.25, 0.3) is 0 Å². The summed E-state index contributed by atoms with van der Waals surface area (Å²) in [6, 6.07) is 0. The van der Waals surface area contributed by atoms with Crippen LogP contribution in [0.2, 0.25) is 0 Å². The Morgan fingerprint density at radius 1 is 0.500 bits per heavy atom. The average molecular weight is 338 g/mol. The second-order valence-electron chi connectivity index (χ2n) is 4.16. The minimum absolute atomic E-state index is 0. The summed E-state index contributed by atoms with van der Waals surface area (Å²) in [4.78, 5) is 0. The Labute approximate surface area is 129 Å².